The van der Waals surface area contributed by atoms with Crippen molar-refractivity contribution in [3.8, 4) is 11.5 Å². The first-order valence-electron chi connectivity index (χ1n) is 11.4. The van der Waals surface area contributed by atoms with Crippen LogP contribution in [0.3, 0.4) is 0 Å². The van der Waals surface area contributed by atoms with E-state index >= 15 is 0 Å². The monoisotopic (exact) mass is 470 g/mol. The number of aliphatic hydroxyl groups is 1. The summed E-state index contributed by atoms with van der Waals surface area (Å²) in [7, 11) is 1.59. The number of piperidine rings is 1. The Bertz CT molecular complexity index is 1370. The second-order valence-corrected chi connectivity index (χ2v) is 8.76. The SMILES string of the molecule is COCC(C)c1nc(-c2ncn3c2c(=O)n(CCN2CCC(O)CC2)c2c(F)cccc23)no1. The predicted molar refractivity (Wildman–Crippen MR) is 122 cm³/mol. The number of rotatable bonds is 7. The maximum atomic E-state index is 15.0. The highest BCUT2D eigenvalue weighted by atomic mass is 19.1. The van der Waals surface area contributed by atoms with E-state index < -0.39 is 5.82 Å². The fourth-order valence-corrected chi connectivity index (χ4v) is 4.54. The van der Waals surface area contributed by atoms with Gasteiger partial charge in [-0.3, -0.25) is 9.20 Å². The van der Waals surface area contributed by atoms with E-state index in [2.05, 4.69) is 20.0 Å². The summed E-state index contributed by atoms with van der Waals surface area (Å²) < 4.78 is 28.5. The topological polar surface area (TPSA) is 111 Å². The molecule has 3 aromatic heterocycles. The number of likely N-dealkylation sites (tertiary alicyclic amines) is 1. The van der Waals surface area contributed by atoms with Gasteiger partial charge in [0.2, 0.25) is 11.7 Å². The van der Waals surface area contributed by atoms with E-state index in [0.29, 0.717) is 43.9 Å². The number of para-hydroxylation sites is 1. The first-order chi connectivity index (χ1) is 16.5. The maximum Gasteiger partial charge on any atom is 0.277 e. The zero-order valence-corrected chi connectivity index (χ0v) is 19.1. The summed E-state index contributed by atoms with van der Waals surface area (Å²) in [6, 6.07) is 4.71. The van der Waals surface area contributed by atoms with Crippen molar-refractivity contribution in [2.75, 3.05) is 33.4 Å². The molecule has 1 aromatic carbocycles. The molecule has 1 fully saturated rings. The van der Waals surface area contributed by atoms with Crippen LogP contribution in [0.2, 0.25) is 0 Å². The molecule has 10 nitrogen and oxygen atoms in total. The minimum absolute atomic E-state index is 0.116. The van der Waals surface area contributed by atoms with Crippen molar-refractivity contribution in [3.05, 3.63) is 46.6 Å². The van der Waals surface area contributed by atoms with E-state index in [1.54, 1.807) is 23.6 Å². The van der Waals surface area contributed by atoms with Gasteiger partial charge in [0.15, 0.2) is 0 Å². The first-order valence-corrected chi connectivity index (χ1v) is 11.4. The molecule has 180 valence electrons. The van der Waals surface area contributed by atoms with Crippen molar-refractivity contribution in [3.63, 3.8) is 0 Å². The van der Waals surface area contributed by atoms with Gasteiger partial charge in [0.1, 0.15) is 28.9 Å². The Balaban J connectivity index is 1.60. The standard InChI is InChI=1S/C23H27FN6O4/c1-14(12-33-2)22-26-21(27-34-22)18-20-23(32)29(11-10-28-8-6-15(31)7-9-28)19-16(24)4-3-5-17(19)30(20)13-25-18/h3-5,13-15,31H,6-12H2,1-2H3. The fourth-order valence-electron chi connectivity index (χ4n) is 4.54. The lowest BCUT2D eigenvalue weighted by Crippen LogP contribution is -2.39. The highest BCUT2D eigenvalue weighted by Gasteiger charge is 2.24. The van der Waals surface area contributed by atoms with Gasteiger partial charge in [-0.2, -0.15) is 4.98 Å². The molecule has 1 saturated heterocycles. The van der Waals surface area contributed by atoms with Crippen molar-refractivity contribution in [1.82, 2.24) is 29.0 Å². The highest BCUT2D eigenvalue weighted by Crippen LogP contribution is 2.25. The van der Waals surface area contributed by atoms with Gasteiger partial charge in [0.25, 0.3) is 5.56 Å². The number of hydrogen-bond acceptors (Lipinski definition) is 8. The fraction of sp³-hybridized carbons (Fsp3) is 0.478. The van der Waals surface area contributed by atoms with Gasteiger partial charge in [0, 0.05) is 33.3 Å². The molecule has 0 bridgehead atoms. The average Bonchev–Trinajstić information content (AvgIpc) is 3.48. The summed E-state index contributed by atoms with van der Waals surface area (Å²) in [5.74, 6) is -0.00634. The Kier molecular flexibility index (Phi) is 6.15. The van der Waals surface area contributed by atoms with Gasteiger partial charge in [0.05, 0.1) is 24.1 Å². The van der Waals surface area contributed by atoms with Crippen LogP contribution in [0, 0.1) is 5.82 Å². The molecular formula is C23H27FN6O4. The molecule has 1 aliphatic heterocycles. The van der Waals surface area contributed by atoms with E-state index in [9.17, 15) is 14.3 Å². The molecule has 0 spiro atoms. The van der Waals surface area contributed by atoms with E-state index in [0.717, 1.165) is 13.1 Å². The second-order valence-electron chi connectivity index (χ2n) is 8.76. The Morgan fingerprint density at radius 2 is 2.06 bits per heavy atom. The van der Waals surface area contributed by atoms with Crippen molar-refractivity contribution in [2.45, 2.75) is 38.3 Å². The summed E-state index contributed by atoms with van der Waals surface area (Å²) in [6.45, 7) is 4.65. The van der Waals surface area contributed by atoms with Crippen LogP contribution in [0.25, 0.3) is 28.1 Å². The number of methoxy groups -OCH3 is 1. The minimum atomic E-state index is -0.476. The van der Waals surface area contributed by atoms with Crippen molar-refractivity contribution in [2.24, 2.45) is 0 Å². The minimum Gasteiger partial charge on any atom is -0.393 e. The number of hydrogen-bond donors (Lipinski definition) is 1. The van der Waals surface area contributed by atoms with Crippen LogP contribution < -0.4 is 5.56 Å². The molecule has 0 saturated carbocycles. The zero-order chi connectivity index (χ0) is 23.8. The molecule has 4 heterocycles. The van der Waals surface area contributed by atoms with Crippen LogP contribution in [0.15, 0.2) is 33.8 Å². The highest BCUT2D eigenvalue weighted by molar-refractivity contribution is 5.84. The predicted octanol–water partition coefficient (Wildman–Crippen LogP) is 2.04. The molecule has 1 N–H and O–H groups in total. The number of fused-ring (bicyclic) bond motifs is 3. The Morgan fingerprint density at radius 1 is 1.26 bits per heavy atom. The lowest BCUT2D eigenvalue weighted by atomic mass is 10.1. The Morgan fingerprint density at radius 3 is 2.82 bits per heavy atom. The van der Waals surface area contributed by atoms with Gasteiger partial charge in [-0.25, -0.2) is 9.37 Å². The molecule has 0 amide bonds. The molecule has 5 rings (SSSR count). The zero-order valence-electron chi connectivity index (χ0n) is 19.1. The van der Waals surface area contributed by atoms with E-state index in [1.165, 1.54) is 17.0 Å². The normalized spacial score (nSPS) is 16.6. The van der Waals surface area contributed by atoms with Crippen molar-refractivity contribution >= 4 is 16.6 Å². The largest absolute Gasteiger partial charge is 0.393 e. The van der Waals surface area contributed by atoms with E-state index in [-0.39, 0.29) is 40.1 Å². The number of ether oxygens (including phenoxy) is 1. The van der Waals surface area contributed by atoms with Gasteiger partial charge in [-0.1, -0.05) is 18.1 Å². The van der Waals surface area contributed by atoms with Crippen LogP contribution in [0.4, 0.5) is 4.39 Å². The van der Waals surface area contributed by atoms with Gasteiger partial charge in [-0.05, 0) is 25.0 Å². The Labute approximate surface area is 194 Å². The summed E-state index contributed by atoms with van der Waals surface area (Å²) in [4.78, 5) is 24.7. The van der Waals surface area contributed by atoms with Crippen LogP contribution in [-0.4, -0.2) is 73.6 Å². The average molecular weight is 471 g/mol. The van der Waals surface area contributed by atoms with E-state index in [4.69, 9.17) is 9.26 Å². The third-order valence-electron chi connectivity index (χ3n) is 6.40. The second kappa shape index (κ2) is 9.24. The van der Waals surface area contributed by atoms with E-state index in [1.807, 2.05) is 6.92 Å². The molecule has 11 heteroatoms. The molecule has 4 aromatic rings. The molecular weight excluding hydrogens is 443 g/mol. The lowest BCUT2D eigenvalue weighted by molar-refractivity contribution is 0.0810. The third-order valence-corrected chi connectivity index (χ3v) is 6.40. The van der Waals surface area contributed by atoms with Gasteiger partial charge < -0.3 is 23.8 Å². The van der Waals surface area contributed by atoms with Crippen LogP contribution in [0.1, 0.15) is 31.6 Å². The summed E-state index contributed by atoms with van der Waals surface area (Å²) in [5.41, 5.74) is 0.922. The van der Waals surface area contributed by atoms with Crippen LogP contribution in [0.5, 0.6) is 0 Å². The van der Waals surface area contributed by atoms with Gasteiger partial charge in [-0.15, -0.1) is 0 Å². The molecule has 34 heavy (non-hydrogen) atoms. The number of benzene rings is 1. The molecule has 1 unspecified atom stereocenters. The summed E-state index contributed by atoms with van der Waals surface area (Å²) >= 11 is 0. The number of imidazole rings is 1. The molecule has 0 aliphatic carbocycles. The van der Waals surface area contributed by atoms with Crippen LogP contribution >= 0.6 is 0 Å². The first kappa shape index (κ1) is 22.6. The number of aliphatic hydroxyl groups excluding tert-OH is 1. The molecule has 0 radical (unpaired) electrons. The van der Waals surface area contributed by atoms with Gasteiger partial charge >= 0.3 is 0 Å². The third kappa shape index (κ3) is 3.99. The quantitative estimate of drug-likeness (QED) is 0.437. The molecule has 1 aliphatic rings. The number of nitrogens with zero attached hydrogens (tertiary/aromatic N) is 6. The molecule has 1 atom stereocenters. The van der Waals surface area contributed by atoms with Crippen molar-refractivity contribution in [1.29, 1.82) is 0 Å². The summed E-state index contributed by atoms with van der Waals surface area (Å²) in [6.07, 6.45) is 2.59. The maximum absolute atomic E-state index is 15.0. The number of aromatic nitrogens is 5. The summed E-state index contributed by atoms with van der Waals surface area (Å²) in [5, 5.41) is 13.8. The smallest absolute Gasteiger partial charge is 0.277 e. The number of halogens is 1. The van der Waals surface area contributed by atoms with Crippen molar-refractivity contribution < 1.29 is 18.8 Å². The van der Waals surface area contributed by atoms with Crippen LogP contribution in [-0.2, 0) is 11.3 Å². The Hall–Kier alpha value is -3.15. The lowest BCUT2D eigenvalue weighted by Gasteiger charge is -2.29.